The Hall–Kier alpha value is -2.16. The molecule has 0 spiro atoms. The number of benzene rings is 1. The van der Waals surface area contributed by atoms with Gasteiger partial charge >= 0.3 is 0 Å². The van der Waals surface area contributed by atoms with Gasteiger partial charge in [-0.2, -0.15) is 0 Å². The summed E-state index contributed by atoms with van der Waals surface area (Å²) in [6, 6.07) is 4.11. The highest BCUT2D eigenvalue weighted by Crippen LogP contribution is 2.19. The minimum absolute atomic E-state index is 0.0237. The lowest BCUT2D eigenvalue weighted by atomic mass is 10.1. The number of sulfone groups is 1. The molecule has 1 aromatic carbocycles. The highest BCUT2D eigenvalue weighted by Gasteiger charge is 2.33. The van der Waals surface area contributed by atoms with E-state index in [4.69, 9.17) is 4.74 Å². The second-order valence-corrected chi connectivity index (χ2v) is 7.51. The normalized spacial score (nSPS) is 19.1. The molecule has 1 saturated heterocycles. The van der Waals surface area contributed by atoms with Gasteiger partial charge in [-0.1, -0.05) is 6.07 Å². The van der Waals surface area contributed by atoms with Crippen molar-refractivity contribution in [2.75, 3.05) is 18.6 Å². The number of amides is 2. The summed E-state index contributed by atoms with van der Waals surface area (Å²) in [5.74, 6) is -2.48. The van der Waals surface area contributed by atoms with Gasteiger partial charge < -0.3 is 4.74 Å². The SMILES string of the molecule is COc1ccc(CC(=O)NNC(=O)[C@@H]2CCS(=O)(=O)C2)cc1F. The van der Waals surface area contributed by atoms with Crippen molar-refractivity contribution >= 4 is 21.7 Å². The van der Waals surface area contributed by atoms with Crippen molar-refractivity contribution in [1.82, 2.24) is 10.9 Å². The lowest BCUT2D eigenvalue weighted by Gasteiger charge is -2.11. The number of nitrogens with one attached hydrogen (secondary N) is 2. The third-order valence-corrected chi connectivity index (χ3v) is 5.28. The number of rotatable bonds is 4. The first-order valence-electron chi connectivity index (χ1n) is 6.92. The van der Waals surface area contributed by atoms with Crippen LogP contribution in [0.4, 0.5) is 4.39 Å². The number of hydrogen-bond donors (Lipinski definition) is 2. The Morgan fingerprint density at radius 2 is 2.09 bits per heavy atom. The first kappa shape index (κ1) is 17.2. The minimum Gasteiger partial charge on any atom is -0.494 e. The van der Waals surface area contributed by atoms with Crippen LogP contribution in [0.3, 0.4) is 0 Å². The second kappa shape index (κ2) is 6.95. The lowest BCUT2D eigenvalue weighted by molar-refractivity contribution is -0.130. The summed E-state index contributed by atoms with van der Waals surface area (Å²) in [6.45, 7) is 0. The van der Waals surface area contributed by atoms with Crippen LogP contribution in [0.15, 0.2) is 18.2 Å². The maximum atomic E-state index is 13.5. The smallest absolute Gasteiger partial charge is 0.242 e. The fourth-order valence-corrected chi connectivity index (χ4v) is 4.03. The van der Waals surface area contributed by atoms with Crippen molar-refractivity contribution in [3.63, 3.8) is 0 Å². The number of carbonyl (C=O) groups excluding carboxylic acids is 2. The maximum Gasteiger partial charge on any atom is 0.242 e. The Bertz CT molecular complexity index is 720. The van der Waals surface area contributed by atoms with Crippen molar-refractivity contribution in [3.8, 4) is 5.75 Å². The molecule has 2 amide bonds. The third-order valence-electron chi connectivity index (χ3n) is 3.51. The molecule has 2 N–H and O–H groups in total. The molecule has 23 heavy (non-hydrogen) atoms. The molecule has 1 aliphatic heterocycles. The summed E-state index contributed by atoms with van der Waals surface area (Å²) >= 11 is 0. The summed E-state index contributed by atoms with van der Waals surface area (Å²) in [4.78, 5) is 23.5. The zero-order chi connectivity index (χ0) is 17.0. The van der Waals surface area contributed by atoms with Crippen LogP contribution in [-0.2, 0) is 25.8 Å². The van der Waals surface area contributed by atoms with Crippen LogP contribution in [-0.4, -0.2) is 38.8 Å². The Morgan fingerprint density at radius 1 is 1.35 bits per heavy atom. The zero-order valence-electron chi connectivity index (χ0n) is 12.5. The third kappa shape index (κ3) is 4.65. The summed E-state index contributed by atoms with van der Waals surface area (Å²) < 4.78 is 40.9. The predicted octanol–water partition coefficient (Wildman–Crippen LogP) is -0.0411. The topological polar surface area (TPSA) is 102 Å². The molecule has 1 heterocycles. The molecule has 0 bridgehead atoms. The van der Waals surface area contributed by atoms with Crippen molar-refractivity contribution in [1.29, 1.82) is 0 Å². The second-order valence-electron chi connectivity index (χ2n) is 5.28. The predicted molar refractivity (Wildman–Crippen MR) is 79.7 cm³/mol. The van der Waals surface area contributed by atoms with Gasteiger partial charge in [-0.25, -0.2) is 12.8 Å². The zero-order valence-corrected chi connectivity index (χ0v) is 13.3. The van der Waals surface area contributed by atoms with Gasteiger partial charge in [-0.15, -0.1) is 0 Å². The Kier molecular flexibility index (Phi) is 5.19. The summed E-state index contributed by atoms with van der Waals surface area (Å²) in [7, 11) is -1.83. The number of hydrazine groups is 1. The average molecular weight is 344 g/mol. The molecule has 1 aliphatic rings. The average Bonchev–Trinajstić information content (AvgIpc) is 2.85. The highest BCUT2D eigenvalue weighted by atomic mass is 32.2. The quantitative estimate of drug-likeness (QED) is 0.746. The van der Waals surface area contributed by atoms with Crippen LogP contribution in [0.1, 0.15) is 12.0 Å². The molecule has 1 atom stereocenters. The molecule has 0 radical (unpaired) electrons. The van der Waals surface area contributed by atoms with E-state index in [1.54, 1.807) is 0 Å². The molecule has 126 valence electrons. The summed E-state index contributed by atoms with van der Waals surface area (Å²) in [5.41, 5.74) is 4.81. The molecule has 0 saturated carbocycles. The van der Waals surface area contributed by atoms with Crippen molar-refractivity contribution in [3.05, 3.63) is 29.6 Å². The Morgan fingerprint density at radius 3 is 2.65 bits per heavy atom. The molecule has 7 nitrogen and oxygen atoms in total. The first-order chi connectivity index (χ1) is 10.8. The van der Waals surface area contributed by atoms with E-state index in [1.165, 1.54) is 25.3 Å². The number of hydrogen-bond acceptors (Lipinski definition) is 5. The molecule has 2 rings (SSSR count). The first-order valence-corrected chi connectivity index (χ1v) is 8.74. The van der Waals surface area contributed by atoms with Gasteiger partial charge in [0.1, 0.15) is 0 Å². The van der Waals surface area contributed by atoms with Gasteiger partial charge in [0.25, 0.3) is 0 Å². The molecule has 0 unspecified atom stereocenters. The van der Waals surface area contributed by atoms with Crippen LogP contribution in [0, 0.1) is 11.7 Å². The van der Waals surface area contributed by atoms with E-state index in [0.717, 1.165) is 0 Å². The van der Waals surface area contributed by atoms with E-state index in [9.17, 15) is 22.4 Å². The van der Waals surface area contributed by atoms with E-state index in [1.807, 2.05) is 0 Å². The fraction of sp³-hybridized carbons (Fsp3) is 0.429. The molecule has 1 fully saturated rings. The lowest BCUT2D eigenvalue weighted by Crippen LogP contribution is -2.45. The van der Waals surface area contributed by atoms with E-state index in [-0.39, 0.29) is 30.1 Å². The monoisotopic (exact) mass is 344 g/mol. The van der Waals surface area contributed by atoms with Crippen molar-refractivity contribution < 1.29 is 27.1 Å². The van der Waals surface area contributed by atoms with Gasteiger partial charge in [0.05, 0.1) is 31.0 Å². The molecule has 0 aromatic heterocycles. The number of methoxy groups -OCH3 is 1. The van der Waals surface area contributed by atoms with Crippen molar-refractivity contribution in [2.24, 2.45) is 5.92 Å². The Labute approximate surface area is 133 Å². The minimum atomic E-state index is -3.17. The molecule has 1 aromatic rings. The van der Waals surface area contributed by atoms with E-state index in [2.05, 4.69) is 10.9 Å². The van der Waals surface area contributed by atoms with Crippen LogP contribution < -0.4 is 15.6 Å². The Balaban J connectivity index is 1.83. The van der Waals surface area contributed by atoms with Gasteiger partial charge in [-0.05, 0) is 24.1 Å². The van der Waals surface area contributed by atoms with Gasteiger partial charge in [0, 0.05) is 0 Å². The van der Waals surface area contributed by atoms with Gasteiger partial charge in [-0.3, -0.25) is 20.4 Å². The highest BCUT2D eigenvalue weighted by molar-refractivity contribution is 7.91. The molecule has 9 heteroatoms. The molecular formula is C14H17FN2O5S. The van der Waals surface area contributed by atoms with Crippen LogP contribution in [0.2, 0.25) is 0 Å². The van der Waals surface area contributed by atoms with Crippen molar-refractivity contribution in [2.45, 2.75) is 12.8 Å². The maximum absolute atomic E-state index is 13.5. The van der Waals surface area contributed by atoms with Crippen LogP contribution in [0.25, 0.3) is 0 Å². The number of ether oxygens (including phenoxy) is 1. The van der Waals surface area contributed by atoms with E-state index in [0.29, 0.717) is 5.56 Å². The van der Waals surface area contributed by atoms with Crippen LogP contribution in [0.5, 0.6) is 5.75 Å². The van der Waals surface area contributed by atoms with Crippen LogP contribution >= 0.6 is 0 Å². The van der Waals surface area contributed by atoms with Gasteiger partial charge in [0.2, 0.25) is 11.8 Å². The van der Waals surface area contributed by atoms with E-state index < -0.39 is 33.4 Å². The van der Waals surface area contributed by atoms with E-state index >= 15 is 0 Å². The van der Waals surface area contributed by atoms with Gasteiger partial charge in [0.15, 0.2) is 21.4 Å². The molecular weight excluding hydrogens is 327 g/mol. The summed E-state index contributed by atoms with van der Waals surface area (Å²) in [6.07, 6.45) is 0.109. The number of halogens is 1. The number of carbonyl (C=O) groups is 2. The fourth-order valence-electron chi connectivity index (χ4n) is 2.28. The largest absolute Gasteiger partial charge is 0.494 e. The molecule has 0 aliphatic carbocycles. The standard InChI is InChI=1S/C14H17FN2O5S/c1-22-12-3-2-9(6-11(12)15)7-13(18)16-17-14(19)10-4-5-23(20,21)8-10/h2-3,6,10H,4-5,7-8H2,1H3,(H,16,18)(H,17,19)/t10-/m1/s1. The summed E-state index contributed by atoms with van der Waals surface area (Å²) in [5, 5.41) is 0.